The molecule has 0 atom stereocenters. The number of halogens is 3. The molecule has 0 rings (SSSR count). The minimum absolute atomic E-state index is 0.00496. The van der Waals surface area contributed by atoms with Gasteiger partial charge in [-0.2, -0.15) is 8.78 Å². The first-order valence-electron chi connectivity index (χ1n) is 4.43. The van der Waals surface area contributed by atoms with Gasteiger partial charge in [-0.3, -0.25) is 0 Å². The molecule has 0 saturated carbocycles. The highest BCUT2D eigenvalue weighted by Gasteiger charge is 2.29. The lowest BCUT2D eigenvalue weighted by Gasteiger charge is -2.30. The standard InChI is InChI=1S/C7H14F2IO5P/c8-7(9,1-6-16(11,12)13)15-5-4-14-3-2-10/h1-6H2,(H2,11,12,13)/p-2. The van der Waals surface area contributed by atoms with Crippen LogP contribution >= 0.6 is 30.2 Å². The van der Waals surface area contributed by atoms with Gasteiger partial charge in [-0.05, 0) is 6.16 Å². The first-order chi connectivity index (χ1) is 7.27. The predicted octanol–water partition coefficient (Wildman–Crippen LogP) is 0.351. The van der Waals surface area contributed by atoms with E-state index < -0.39 is 26.3 Å². The number of hydrogen-bond donors (Lipinski definition) is 0. The molecule has 0 aromatic carbocycles. The van der Waals surface area contributed by atoms with E-state index in [1.807, 2.05) is 0 Å². The monoisotopic (exact) mass is 372 g/mol. The molecule has 0 aromatic rings. The van der Waals surface area contributed by atoms with Gasteiger partial charge in [0.25, 0.3) is 0 Å². The first kappa shape index (κ1) is 16.7. The molecule has 16 heavy (non-hydrogen) atoms. The van der Waals surface area contributed by atoms with Crippen LogP contribution in [0.15, 0.2) is 0 Å². The van der Waals surface area contributed by atoms with Crippen molar-refractivity contribution in [3.63, 3.8) is 0 Å². The predicted molar refractivity (Wildman–Crippen MR) is 57.7 cm³/mol. The molecule has 0 saturated heterocycles. The van der Waals surface area contributed by atoms with E-state index in [1.165, 1.54) is 0 Å². The fourth-order valence-electron chi connectivity index (χ4n) is 0.746. The maximum absolute atomic E-state index is 12.8. The Bertz CT molecular complexity index is 235. The minimum Gasteiger partial charge on any atom is -0.811 e. The largest absolute Gasteiger partial charge is 0.811 e. The molecule has 0 bridgehead atoms. The molecule has 5 nitrogen and oxygen atoms in total. The van der Waals surface area contributed by atoms with Gasteiger partial charge in [0.15, 0.2) is 0 Å². The SMILES string of the molecule is O=P([O-])([O-])CCC(F)(F)OCCOCCI. The van der Waals surface area contributed by atoms with Gasteiger partial charge in [0.1, 0.15) is 0 Å². The summed E-state index contributed by atoms with van der Waals surface area (Å²) in [5, 5.41) is 0. The number of ether oxygens (including phenoxy) is 2. The summed E-state index contributed by atoms with van der Waals surface area (Å²) in [6.07, 6.45) is -5.84. The Morgan fingerprint density at radius 2 is 1.88 bits per heavy atom. The average molecular weight is 372 g/mol. The molecule has 9 heteroatoms. The molecular formula is C7H12F2IO5P-2. The van der Waals surface area contributed by atoms with Crippen LogP contribution in [0.3, 0.4) is 0 Å². The Morgan fingerprint density at radius 3 is 2.38 bits per heavy atom. The molecule has 0 fully saturated rings. The maximum Gasteiger partial charge on any atom is 0.356 e. The van der Waals surface area contributed by atoms with Crippen LogP contribution in [0.25, 0.3) is 0 Å². The van der Waals surface area contributed by atoms with Gasteiger partial charge >= 0.3 is 6.11 Å². The number of hydrogen-bond acceptors (Lipinski definition) is 5. The molecule has 0 radical (unpaired) electrons. The Balaban J connectivity index is 3.66. The number of rotatable bonds is 9. The third kappa shape index (κ3) is 11.2. The zero-order valence-corrected chi connectivity index (χ0v) is 11.4. The van der Waals surface area contributed by atoms with Crippen molar-refractivity contribution < 1.29 is 32.6 Å². The van der Waals surface area contributed by atoms with Crippen molar-refractivity contribution in [2.45, 2.75) is 12.5 Å². The topological polar surface area (TPSA) is 81.7 Å². The van der Waals surface area contributed by atoms with E-state index in [-0.39, 0.29) is 13.2 Å². The maximum atomic E-state index is 12.8. The van der Waals surface area contributed by atoms with Crippen molar-refractivity contribution in [3.05, 3.63) is 0 Å². The smallest absolute Gasteiger partial charge is 0.356 e. The van der Waals surface area contributed by atoms with Crippen LogP contribution < -0.4 is 9.79 Å². The van der Waals surface area contributed by atoms with E-state index in [2.05, 4.69) is 27.3 Å². The summed E-state index contributed by atoms with van der Waals surface area (Å²) in [5.74, 6) is 0. The van der Waals surface area contributed by atoms with Crippen LogP contribution in [0, 0.1) is 0 Å². The summed E-state index contributed by atoms with van der Waals surface area (Å²) in [7, 11) is -4.90. The molecule has 0 aliphatic rings. The average Bonchev–Trinajstić information content (AvgIpc) is 2.14. The lowest BCUT2D eigenvalue weighted by molar-refractivity contribution is -0.316. The van der Waals surface area contributed by atoms with Gasteiger partial charge in [-0.15, -0.1) is 0 Å². The normalized spacial score (nSPS) is 13.1. The Labute approximate surface area is 106 Å². The molecule has 0 aromatic heterocycles. The molecule has 0 amide bonds. The van der Waals surface area contributed by atoms with Gasteiger partial charge in [0.05, 0.1) is 19.8 Å². The summed E-state index contributed by atoms with van der Waals surface area (Å²) in [5.41, 5.74) is 0. The van der Waals surface area contributed by atoms with Crippen molar-refractivity contribution in [1.82, 2.24) is 0 Å². The van der Waals surface area contributed by atoms with Crippen molar-refractivity contribution >= 4 is 30.2 Å². The van der Waals surface area contributed by atoms with Crippen molar-refractivity contribution in [1.29, 1.82) is 0 Å². The van der Waals surface area contributed by atoms with Crippen LogP contribution in [0.2, 0.25) is 0 Å². The van der Waals surface area contributed by atoms with E-state index >= 15 is 0 Å². The quantitative estimate of drug-likeness (QED) is 0.253. The van der Waals surface area contributed by atoms with Gasteiger partial charge in [0, 0.05) is 10.8 Å². The first-order valence-corrected chi connectivity index (χ1v) is 7.69. The zero-order valence-electron chi connectivity index (χ0n) is 8.36. The van der Waals surface area contributed by atoms with Crippen LogP contribution in [0.1, 0.15) is 6.42 Å². The van der Waals surface area contributed by atoms with E-state index in [1.54, 1.807) is 0 Å². The Kier molecular flexibility index (Phi) is 8.21. The van der Waals surface area contributed by atoms with Crippen LogP contribution in [0.4, 0.5) is 8.78 Å². The van der Waals surface area contributed by atoms with E-state index in [4.69, 9.17) is 4.74 Å². The van der Waals surface area contributed by atoms with Crippen molar-refractivity contribution in [2.75, 3.05) is 30.4 Å². The van der Waals surface area contributed by atoms with Gasteiger partial charge in [-0.1, -0.05) is 30.2 Å². The van der Waals surface area contributed by atoms with Crippen LogP contribution in [-0.4, -0.2) is 36.5 Å². The molecule has 98 valence electrons. The second kappa shape index (κ2) is 7.88. The summed E-state index contributed by atoms with van der Waals surface area (Å²) >= 11 is 2.06. The molecule has 0 N–H and O–H groups in total. The fourth-order valence-corrected chi connectivity index (χ4v) is 1.59. The van der Waals surface area contributed by atoms with Gasteiger partial charge in [-0.25, -0.2) is 0 Å². The molecular weight excluding hydrogens is 360 g/mol. The second-order valence-electron chi connectivity index (χ2n) is 2.87. The lowest BCUT2D eigenvalue weighted by Crippen LogP contribution is -2.27. The Morgan fingerprint density at radius 1 is 1.25 bits per heavy atom. The Hall–Kier alpha value is 0.660. The number of alkyl halides is 3. The van der Waals surface area contributed by atoms with E-state index in [0.717, 1.165) is 4.43 Å². The lowest BCUT2D eigenvalue weighted by atomic mass is 10.4. The summed E-state index contributed by atoms with van der Waals surface area (Å²) in [6.45, 7) is 0.0997. The van der Waals surface area contributed by atoms with E-state index in [9.17, 15) is 23.1 Å². The summed E-state index contributed by atoms with van der Waals surface area (Å²) < 4.78 is 45.5. The highest BCUT2D eigenvalue weighted by Crippen LogP contribution is 2.30. The molecule has 0 heterocycles. The minimum atomic E-state index is -4.90. The second-order valence-corrected chi connectivity index (χ2v) is 5.62. The molecule has 0 spiro atoms. The third-order valence-corrected chi connectivity index (χ3v) is 2.65. The van der Waals surface area contributed by atoms with Crippen molar-refractivity contribution in [2.24, 2.45) is 0 Å². The highest BCUT2D eigenvalue weighted by atomic mass is 127. The molecule has 0 unspecified atom stereocenters. The van der Waals surface area contributed by atoms with Gasteiger partial charge in [0.2, 0.25) is 0 Å². The fraction of sp³-hybridized carbons (Fsp3) is 1.00. The van der Waals surface area contributed by atoms with E-state index in [0.29, 0.717) is 6.61 Å². The van der Waals surface area contributed by atoms with Crippen LogP contribution in [-0.2, 0) is 14.0 Å². The van der Waals surface area contributed by atoms with Crippen LogP contribution in [0.5, 0.6) is 0 Å². The van der Waals surface area contributed by atoms with Crippen molar-refractivity contribution in [3.8, 4) is 0 Å². The van der Waals surface area contributed by atoms with Gasteiger partial charge < -0.3 is 23.8 Å². The molecule has 0 aliphatic heterocycles. The molecule has 0 aliphatic carbocycles. The summed E-state index contributed by atoms with van der Waals surface area (Å²) in [4.78, 5) is 20.3. The summed E-state index contributed by atoms with van der Waals surface area (Å²) in [6, 6.07) is 0. The highest BCUT2D eigenvalue weighted by molar-refractivity contribution is 14.1. The zero-order chi connectivity index (χ0) is 12.7. The third-order valence-electron chi connectivity index (χ3n) is 1.44.